The minimum absolute atomic E-state index is 0.193. The maximum atomic E-state index is 13.1. The Kier molecular flexibility index (Phi) is 5.12. The highest BCUT2D eigenvalue weighted by Crippen LogP contribution is 2.52. The van der Waals surface area contributed by atoms with Crippen LogP contribution in [0.3, 0.4) is 0 Å². The zero-order valence-corrected chi connectivity index (χ0v) is 17.0. The Hall–Kier alpha value is -2.38. The molecule has 0 aliphatic carbocycles. The maximum absolute atomic E-state index is 13.1. The molecule has 6 nitrogen and oxygen atoms in total. The summed E-state index contributed by atoms with van der Waals surface area (Å²) in [5.41, 5.74) is 2.17. The number of thioether (sulfide) groups is 1. The summed E-state index contributed by atoms with van der Waals surface area (Å²) in [6.07, 6.45) is 0. The summed E-state index contributed by atoms with van der Waals surface area (Å²) in [4.78, 5) is 27.6. The highest BCUT2D eigenvalue weighted by atomic mass is 35.5. The number of halogens is 1. The monoisotopic (exact) mass is 418 g/mol. The minimum atomic E-state index is -0.548. The first-order valence-corrected chi connectivity index (χ1v) is 10.2. The van der Waals surface area contributed by atoms with E-state index in [1.807, 2.05) is 24.3 Å². The van der Waals surface area contributed by atoms with Crippen LogP contribution in [-0.2, 0) is 11.3 Å². The van der Waals surface area contributed by atoms with E-state index in [1.54, 1.807) is 28.8 Å². The fourth-order valence-corrected chi connectivity index (χ4v) is 5.29. The first-order valence-electron chi connectivity index (χ1n) is 8.77. The van der Waals surface area contributed by atoms with Crippen molar-refractivity contribution in [2.24, 2.45) is 0 Å². The van der Waals surface area contributed by atoms with Crippen molar-refractivity contribution in [2.45, 2.75) is 18.0 Å². The lowest BCUT2D eigenvalue weighted by Gasteiger charge is -2.22. The summed E-state index contributed by atoms with van der Waals surface area (Å²) in [6.45, 7) is 0.316. The predicted molar refractivity (Wildman–Crippen MR) is 108 cm³/mol. The van der Waals surface area contributed by atoms with Gasteiger partial charge in [-0.3, -0.25) is 9.59 Å². The highest BCUT2D eigenvalue weighted by Gasteiger charge is 2.50. The molecule has 2 aliphatic heterocycles. The number of amides is 2. The number of rotatable bonds is 5. The number of nitrogens with zero attached hydrogens (tertiary/aromatic N) is 1. The summed E-state index contributed by atoms with van der Waals surface area (Å²) in [5.74, 6) is 1.05. The first-order chi connectivity index (χ1) is 13.6. The van der Waals surface area contributed by atoms with Crippen molar-refractivity contribution >= 4 is 35.2 Å². The molecule has 1 N–H and O–H groups in total. The predicted octanol–water partition coefficient (Wildman–Crippen LogP) is 3.24. The molecule has 1 fully saturated rings. The number of nitrogens with one attached hydrogen (secondary N) is 1. The van der Waals surface area contributed by atoms with Gasteiger partial charge in [-0.1, -0.05) is 35.9 Å². The van der Waals surface area contributed by atoms with Crippen LogP contribution >= 0.6 is 23.4 Å². The SMILES string of the molecule is COc1ccc2c(c1OC)C(=O)N1C(C(=O)NCc3ccccc3Cl)CSC21. The molecule has 2 aromatic rings. The molecule has 4 rings (SSSR count). The van der Waals surface area contributed by atoms with E-state index in [0.29, 0.717) is 34.4 Å². The first kappa shape index (κ1) is 19.0. The Labute approximate surface area is 172 Å². The van der Waals surface area contributed by atoms with Gasteiger partial charge in [0.1, 0.15) is 11.4 Å². The van der Waals surface area contributed by atoms with Crippen molar-refractivity contribution in [1.82, 2.24) is 10.2 Å². The van der Waals surface area contributed by atoms with Crippen molar-refractivity contribution in [2.75, 3.05) is 20.0 Å². The third kappa shape index (κ3) is 2.99. The standard InChI is InChI=1S/C20H19ClN2O4S/c1-26-15-8-7-12-16(17(15)27-2)19(25)23-14(10-28-20(12)23)18(24)22-9-11-5-3-4-6-13(11)21/h3-8,14,20H,9-10H2,1-2H3,(H,22,24). The maximum Gasteiger partial charge on any atom is 0.260 e. The minimum Gasteiger partial charge on any atom is -0.493 e. The van der Waals surface area contributed by atoms with Gasteiger partial charge in [-0.25, -0.2) is 0 Å². The molecule has 2 unspecified atom stereocenters. The van der Waals surface area contributed by atoms with Gasteiger partial charge in [-0.15, -0.1) is 11.8 Å². The lowest BCUT2D eigenvalue weighted by atomic mass is 10.1. The van der Waals surface area contributed by atoms with Crippen LogP contribution in [0.15, 0.2) is 36.4 Å². The van der Waals surface area contributed by atoms with Crippen LogP contribution in [0.2, 0.25) is 5.02 Å². The Bertz CT molecular complexity index is 952. The Balaban J connectivity index is 1.56. The normalized spacial score (nSPS) is 20.0. The zero-order valence-electron chi connectivity index (χ0n) is 15.4. The van der Waals surface area contributed by atoms with Crippen molar-refractivity contribution in [1.29, 1.82) is 0 Å². The van der Waals surface area contributed by atoms with Crippen LogP contribution in [0.1, 0.15) is 26.9 Å². The quantitative estimate of drug-likeness (QED) is 0.807. The van der Waals surface area contributed by atoms with Crippen LogP contribution in [0.25, 0.3) is 0 Å². The molecule has 0 saturated carbocycles. The van der Waals surface area contributed by atoms with E-state index in [9.17, 15) is 9.59 Å². The number of fused-ring (bicyclic) bond motifs is 3. The number of carbonyl (C=O) groups is 2. The average molecular weight is 419 g/mol. The molecule has 28 heavy (non-hydrogen) atoms. The molecule has 0 aromatic heterocycles. The summed E-state index contributed by atoms with van der Waals surface area (Å²) in [5, 5.41) is 3.31. The van der Waals surface area contributed by atoms with Gasteiger partial charge in [0.15, 0.2) is 11.5 Å². The third-order valence-corrected chi connectivity index (χ3v) is 6.68. The smallest absolute Gasteiger partial charge is 0.260 e. The second-order valence-electron chi connectivity index (χ2n) is 6.49. The van der Waals surface area contributed by atoms with Gasteiger partial charge in [-0.05, 0) is 17.7 Å². The fourth-order valence-electron chi connectivity index (χ4n) is 3.64. The molecule has 8 heteroatoms. The number of hydrogen-bond donors (Lipinski definition) is 1. The van der Waals surface area contributed by atoms with E-state index in [-0.39, 0.29) is 17.2 Å². The molecule has 0 radical (unpaired) electrons. The van der Waals surface area contributed by atoms with Crippen molar-refractivity contribution in [3.63, 3.8) is 0 Å². The van der Waals surface area contributed by atoms with Gasteiger partial charge < -0.3 is 19.7 Å². The number of carbonyl (C=O) groups excluding carboxylic acids is 2. The Morgan fingerprint density at radius 3 is 2.75 bits per heavy atom. The van der Waals surface area contributed by atoms with E-state index < -0.39 is 6.04 Å². The van der Waals surface area contributed by atoms with E-state index in [0.717, 1.165) is 11.1 Å². The van der Waals surface area contributed by atoms with Gasteiger partial charge in [-0.2, -0.15) is 0 Å². The summed E-state index contributed by atoms with van der Waals surface area (Å²) in [6, 6.07) is 10.5. The van der Waals surface area contributed by atoms with Crippen LogP contribution in [0, 0.1) is 0 Å². The lowest BCUT2D eigenvalue weighted by Crippen LogP contribution is -2.45. The second-order valence-corrected chi connectivity index (χ2v) is 8.01. The van der Waals surface area contributed by atoms with Crippen LogP contribution in [-0.4, -0.2) is 42.7 Å². The number of benzene rings is 2. The molecule has 2 heterocycles. The van der Waals surface area contributed by atoms with Gasteiger partial charge in [0.2, 0.25) is 5.91 Å². The van der Waals surface area contributed by atoms with E-state index in [4.69, 9.17) is 21.1 Å². The summed E-state index contributed by atoms with van der Waals surface area (Å²) in [7, 11) is 3.04. The lowest BCUT2D eigenvalue weighted by molar-refractivity contribution is -0.124. The average Bonchev–Trinajstić information content (AvgIpc) is 3.26. The molecular formula is C20H19ClN2O4S. The van der Waals surface area contributed by atoms with Gasteiger partial charge in [0.05, 0.1) is 19.8 Å². The topological polar surface area (TPSA) is 67.9 Å². The number of hydrogen-bond acceptors (Lipinski definition) is 5. The van der Waals surface area contributed by atoms with E-state index in [1.165, 1.54) is 14.2 Å². The third-order valence-electron chi connectivity index (χ3n) is 5.01. The van der Waals surface area contributed by atoms with Crippen LogP contribution < -0.4 is 14.8 Å². The van der Waals surface area contributed by atoms with Crippen molar-refractivity contribution < 1.29 is 19.1 Å². The summed E-state index contributed by atoms with van der Waals surface area (Å²) < 4.78 is 10.7. The fraction of sp³-hybridized carbons (Fsp3) is 0.300. The number of methoxy groups -OCH3 is 2. The molecule has 146 valence electrons. The molecule has 2 amide bonds. The molecule has 2 aromatic carbocycles. The highest BCUT2D eigenvalue weighted by molar-refractivity contribution is 7.99. The molecular weight excluding hydrogens is 400 g/mol. The molecule has 2 atom stereocenters. The summed E-state index contributed by atoms with van der Waals surface area (Å²) >= 11 is 7.73. The number of ether oxygens (including phenoxy) is 2. The van der Waals surface area contributed by atoms with Gasteiger partial charge >= 0.3 is 0 Å². The molecule has 0 spiro atoms. The van der Waals surface area contributed by atoms with Gasteiger partial charge in [0.25, 0.3) is 5.91 Å². The van der Waals surface area contributed by atoms with Crippen molar-refractivity contribution in [3.05, 3.63) is 58.1 Å². The van der Waals surface area contributed by atoms with Crippen LogP contribution in [0.4, 0.5) is 0 Å². The Morgan fingerprint density at radius 1 is 1.25 bits per heavy atom. The molecule has 2 aliphatic rings. The zero-order chi connectivity index (χ0) is 19.8. The van der Waals surface area contributed by atoms with Crippen LogP contribution in [0.5, 0.6) is 11.5 Å². The largest absolute Gasteiger partial charge is 0.493 e. The Morgan fingerprint density at radius 2 is 2.04 bits per heavy atom. The molecule has 1 saturated heterocycles. The molecule has 0 bridgehead atoms. The van der Waals surface area contributed by atoms with Crippen molar-refractivity contribution in [3.8, 4) is 11.5 Å². The van der Waals surface area contributed by atoms with E-state index in [2.05, 4.69) is 5.32 Å². The second kappa shape index (κ2) is 7.56. The van der Waals surface area contributed by atoms with Gasteiger partial charge in [0, 0.05) is 22.9 Å². The van der Waals surface area contributed by atoms with E-state index >= 15 is 0 Å².